The van der Waals surface area contributed by atoms with Gasteiger partial charge in [-0.15, -0.1) is 0 Å². The first-order valence-electron chi connectivity index (χ1n) is 5.95. The van der Waals surface area contributed by atoms with Crippen LogP contribution in [0.15, 0.2) is 41.4 Å². The molecule has 0 unspecified atom stereocenters. The Labute approximate surface area is 118 Å². The van der Waals surface area contributed by atoms with Crippen LogP contribution in [-0.4, -0.2) is 13.4 Å². The van der Waals surface area contributed by atoms with Crippen molar-refractivity contribution in [1.82, 2.24) is 4.98 Å². The van der Waals surface area contributed by atoms with E-state index in [9.17, 15) is 8.42 Å². The van der Waals surface area contributed by atoms with Crippen LogP contribution in [0.5, 0.6) is 0 Å². The maximum atomic E-state index is 12.3. The van der Waals surface area contributed by atoms with E-state index >= 15 is 0 Å². The van der Waals surface area contributed by atoms with Crippen molar-refractivity contribution >= 4 is 21.5 Å². The zero-order valence-electron chi connectivity index (χ0n) is 11.2. The number of hydrogen-bond acceptors (Lipinski definition) is 5. The number of hydrogen-bond donors (Lipinski definition) is 3. The molecule has 2 aromatic rings. The molecular weight excluding hydrogens is 276 g/mol. The Morgan fingerprint density at radius 2 is 1.90 bits per heavy atom. The van der Waals surface area contributed by atoms with Gasteiger partial charge in [0.2, 0.25) is 0 Å². The Kier molecular flexibility index (Phi) is 3.91. The first kappa shape index (κ1) is 14.3. The standard InChI is InChI=1S/C13H16N4O2S/c1-9-3-4-10(2)12(7-9)17-20(18,19)11-5-6-13(16-14)15-8-11/h3-8,17H,14H2,1-2H3,(H,15,16). The number of aromatic nitrogens is 1. The molecule has 20 heavy (non-hydrogen) atoms. The fourth-order valence-electron chi connectivity index (χ4n) is 1.67. The smallest absolute Gasteiger partial charge is 0.263 e. The number of aryl methyl sites for hydroxylation is 2. The van der Waals surface area contributed by atoms with E-state index in [0.29, 0.717) is 11.5 Å². The number of nitrogens with zero attached hydrogens (tertiary/aromatic N) is 1. The van der Waals surface area contributed by atoms with Gasteiger partial charge in [0.25, 0.3) is 10.0 Å². The predicted molar refractivity (Wildman–Crippen MR) is 78.8 cm³/mol. The van der Waals surface area contributed by atoms with E-state index in [0.717, 1.165) is 11.1 Å². The highest BCUT2D eigenvalue weighted by Gasteiger charge is 2.15. The predicted octanol–water partition coefficient (Wildman–Crippen LogP) is 1.78. The number of rotatable bonds is 4. The highest BCUT2D eigenvalue weighted by molar-refractivity contribution is 7.92. The van der Waals surface area contributed by atoms with E-state index < -0.39 is 10.0 Å². The minimum absolute atomic E-state index is 0.0809. The van der Waals surface area contributed by atoms with Crippen LogP contribution in [0.1, 0.15) is 11.1 Å². The molecule has 106 valence electrons. The van der Waals surface area contributed by atoms with Crippen molar-refractivity contribution < 1.29 is 8.42 Å². The van der Waals surface area contributed by atoms with Gasteiger partial charge in [-0.05, 0) is 43.2 Å². The highest BCUT2D eigenvalue weighted by atomic mass is 32.2. The Bertz CT molecular complexity index is 712. The SMILES string of the molecule is Cc1ccc(C)c(NS(=O)(=O)c2ccc(NN)nc2)c1. The maximum absolute atomic E-state index is 12.3. The first-order chi connectivity index (χ1) is 9.42. The zero-order valence-corrected chi connectivity index (χ0v) is 12.0. The summed E-state index contributed by atoms with van der Waals surface area (Å²) in [7, 11) is -3.66. The van der Waals surface area contributed by atoms with E-state index in [2.05, 4.69) is 15.1 Å². The van der Waals surface area contributed by atoms with Gasteiger partial charge >= 0.3 is 0 Å². The van der Waals surface area contributed by atoms with Crippen LogP contribution in [0, 0.1) is 13.8 Å². The van der Waals surface area contributed by atoms with Gasteiger partial charge < -0.3 is 5.43 Å². The number of sulfonamides is 1. The molecule has 2 rings (SSSR count). The van der Waals surface area contributed by atoms with Crippen molar-refractivity contribution in [3.63, 3.8) is 0 Å². The average molecular weight is 292 g/mol. The molecular formula is C13H16N4O2S. The molecule has 0 spiro atoms. The molecule has 0 saturated heterocycles. The molecule has 0 fully saturated rings. The summed E-state index contributed by atoms with van der Waals surface area (Å²) >= 11 is 0. The van der Waals surface area contributed by atoms with Gasteiger partial charge in [-0.3, -0.25) is 4.72 Å². The van der Waals surface area contributed by atoms with Gasteiger partial charge in [0.05, 0.1) is 5.69 Å². The molecule has 0 saturated carbocycles. The number of hydrazine groups is 1. The lowest BCUT2D eigenvalue weighted by molar-refractivity contribution is 0.601. The molecule has 0 atom stereocenters. The highest BCUT2D eigenvalue weighted by Crippen LogP contribution is 2.21. The maximum Gasteiger partial charge on any atom is 0.263 e. The number of nitrogens with one attached hydrogen (secondary N) is 2. The van der Waals surface area contributed by atoms with Crippen molar-refractivity contribution in [3.8, 4) is 0 Å². The summed E-state index contributed by atoms with van der Waals surface area (Å²) in [5.41, 5.74) is 4.74. The van der Waals surface area contributed by atoms with Crippen molar-refractivity contribution in [1.29, 1.82) is 0 Å². The molecule has 0 aliphatic carbocycles. The van der Waals surface area contributed by atoms with Crippen molar-refractivity contribution in [2.75, 3.05) is 10.1 Å². The summed E-state index contributed by atoms with van der Waals surface area (Å²) in [6.07, 6.45) is 1.25. The second-order valence-corrected chi connectivity index (χ2v) is 6.13. The first-order valence-corrected chi connectivity index (χ1v) is 7.43. The van der Waals surface area contributed by atoms with Crippen LogP contribution in [0.25, 0.3) is 0 Å². The topological polar surface area (TPSA) is 97.1 Å². The number of anilines is 2. The van der Waals surface area contributed by atoms with Gasteiger partial charge in [-0.1, -0.05) is 12.1 Å². The van der Waals surface area contributed by atoms with Gasteiger partial charge in [0, 0.05) is 6.20 Å². The minimum Gasteiger partial charge on any atom is -0.308 e. The molecule has 0 aliphatic heterocycles. The van der Waals surface area contributed by atoms with E-state index in [1.54, 1.807) is 6.07 Å². The molecule has 1 heterocycles. The summed E-state index contributed by atoms with van der Waals surface area (Å²) in [5, 5.41) is 0. The van der Waals surface area contributed by atoms with Crippen LogP contribution in [-0.2, 0) is 10.0 Å². The van der Waals surface area contributed by atoms with Gasteiger partial charge in [0.15, 0.2) is 0 Å². The molecule has 4 N–H and O–H groups in total. The van der Waals surface area contributed by atoms with Gasteiger partial charge in [-0.25, -0.2) is 19.2 Å². The third-order valence-electron chi connectivity index (χ3n) is 2.83. The van der Waals surface area contributed by atoms with Crippen LogP contribution in [0.3, 0.4) is 0 Å². The summed E-state index contributed by atoms with van der Waals surface area (Å²) in [6, 6.07) is 8.52. The molecule has 0 amide bonds. The van der Waals surface area contributed by atoms with E-state index in [1.807, 2.05) is 26.0 Å². The molecule has 0 bridgehead atoms. The third kappa shape index (κ3) is 3.06. The molecule has 0 aliphatic rings. The average Bonchev–Trinajstić information content (AvgIpc) is 2.43. The lowest BCUT2D eigenvalue weighted by atomic mass is 10.1. The van der Waals surface area contributed by atoms with Crippen molar-refractivity contribution in [2.45, 2.75) is 18.7 Å². The van der Waals surface area contributed by atoms with Crippen molar-refractivity contribution in [3.05, 3.63) is 47.7 Å². The molecule has 7 heteroatoms. The fourth-order valence-corrected chi connectivity index (χ4v) is 2.74. The second-order valence-electron chi connectivity index (χ2n) is 4.45. The third-order valence-corrected chi connectivity index (χ3v) is 4.18. The van der Waals surface area contributed by atoms with Gasteiger partial charge in [-0.2, -0.15) is 0 Å². The van der Waals surface area contributed by atoms with Gasteiger partial charge in [0.1, 0.15) is 10.7 Å². The number of nitrogen functional groups attached to an aromatic ring is 1. The zero-order chi connectivity index (χ0) is 14.8. The van der Waals surface area contributed by atoms with E-state index in [1.165, 1.54) is 18.3 Å². The molecule has 6 nitrogen and oxygen atoms in total. The second kappa shape index (κ2) is 5.48. The van der Waals surface area contributed by atoms with E-state index in [-0.39, 0.29) is 4.90 Å². The largest absolute Gasteiger partial charge is 0.308 e. The fraction of sp³-hybridized carbons (Fsp3) is 0.154. The normalized spacial score (nSPS) is 11.2. The summed E-state index contributed by atoms with van der Waals surface area (Å²) < 4.78 is 27.1. The molecule has 1 aromatic heterocycles. The molecule has 1 aromatic carbocycles. The van der Waals surface area contributed by atoms with Crippen LogP contribution in [0.4, 0.5) is 11.5 Å². The summed E-state index contributed by atoms with van der Waals surface area (Å²) in [4.78, 5) is 3.97. The van der Waals surface area contributed by atoms with Crippen LogP contribution < -0.4 is 16.0 Å². The summed E-state index contributed by atoms with van der Waals surface area (Å²) in [5.74, 6) is 5.59. The Morgan fingerprint density at radius 1 is 1.15 bits per heavy atom. The lowest BCUT2D eigenvalue weighted by Gasteiger charge is -2.11. The Balaban J connectivity index is 2.32. The molecule has 0 radical (unpaired) electrons. The van der Waals surface area contributed by atoms with Crippen LogP contribution in [0.2, 0.25) is 0 Å². The number of nitrogens with two attached hydrogens (primary N) is 1. The van der Waals surface area contributed by atoms with E-state index in [4.69, 9.17) is 5.84 Å². The lowest BCUT2D eigenvalue weighted by Crippen LogP contribution is -2.15. The number of pyridine rings is 1. The minimum atomic E-state index is -3.66. The number of benzene rings is 1. The quantitative estimate of drug-likeness (QED) is 0.589. The Hall–Kier alpha value is -2.12. The summed E-state index contributed by atoms with van der Waals surface area (Å²) in [6.45, 7) is 3.75. The van der Waals surface area contributed by atoms with Crippen LogP contribution >= 0.6 is 0 Å². The van der Waals surface area contributed by atoms with Crippen molar-refractivity contribution in [2.24, 2.45) is 5.84 Å². The monoisotopic (exact) mass is 292 g/mol. The Morgan fingerprint density at radius 3 is 2.50 bits per heavy atom.